The first-order valence-electron chi connectivity index (χ1n) is 9.97. The van der Waals surface area contributed by atoms with Crippen molar-refractivity contribution in [3.05, 3.63) is 59.7 Å². The molecule has 0 saturated heterocycles. The van der Waals surface area contributed by atoms with Crippen molar-refractivity contribution >= 4 is 23.4 Å². The van der Waals surface area contributed by atoms with Gasteiger partial charge < -0.3 is 9.42 Å². The molecule has 5 nitrogen and oxygen atoms in total. The summed E-state index contributed by atoms with van der Waals surface area (Å²) in [5.74, 6) is -0.212. The van der Waals surface area contributed by atoms with Crippen LogP contribution in [-0.2, 0) is 17.4 Å². The number of nitrogens with zero attached hydrogens (tertiary/aromatic N) is 3. The minimum Gasteiger partial charge on any atom is -0.339 e. The number of thioether (sulfide) groups is 1. The van der Waals surface area contributed by atoms with Gasteiger partial charge in [0.2, 0.25) is 17.6 Å². The van der Waals surface area contributed by atoms with Crippen LogP contribution in [0.25, 0.3) is 11.4 Å². The molecule has 4 rings (SSSR count). The number of hydrogen-bond acceptors (Lipinski definition) is 5. The summed E-state index contributed by atoms with van der Waals surface area (Å²) in [4.78, 5) is 19.3. The third kappa shape index (κ3) is 4.95. The van der Waals surface area contributed by atoms with E-state index in [0.29, 0.717) is 23.4 Å². The number of fused-ring (bicyclic) bond motifs is 1. The van der Waals surface area contributed by atoms with E-state index in [9.17, 15) is 22.4 Å². The predicted octanol–water partition coefficient (Wildman–Crippen LogP) is 5.74. The zero-order valence-corrected chi connectivity index (χ0v) is 17.8. The van der Waals surface area contributed by atoms with E-state index < -0.39 is 11.7 Å². The molecule has 2 aromatic carbocycles. The second-order valence-electron chi connectivity index (χ2n) is 7.46. The van der Waals surface area contributed by atoms with Gasteiger partial charge in [0.05, 0.1) is 11.3 Å². The molecule has 0 fully saturated rings. The molecule has 3 aromatic rings. The van der Waals surface area contributed by atoms with Crippen LogP contribution >= 0.6 is 11.8 Å². The highest BCUT2D eigenvalue weighted by Gasteiger charge is 2.33. The number of aryl methyl sites for hydroxylation is 1. The van der Waals surface area contributed by atoms with Crippen LogP contribution in [0.4, 0.5) is 23.2 Å². The Balaban J connectivity index is 1.50. The van der Waals surface area contributed by atoms with Gasteiger partial charge in [0.1, 0.15) is 5.82 Å². The van der Waals surface area contributed by atoms with Crippen molar-refractivity contribution in [2.24, 2.45) is 0 Å². The van der Waals surface area contributed by atoms with Crippen LogP contribution in [-0.4, -0.2) is 27.8 Å². The maximum atomic E-state index is 13.2. The van der Waals surface area contributed by atoms with E-state index in [1.165, 1.54) is 47.0 Å². The number of hydrogen-bond donors (Lipinski definition) is 0. The Kier molecular flexibility index (Phi) is 6.23. The predicted molar refractivity (Wildman–Crippen MR) is 112 cm³/mol. The van der Waals surface area contributed by atoms with Crippen LogP contribution < -0.4 is 4.90 Å². The average Bonchev–Trinajstić information content (AvgIpc) is 3.15. The van der Waals surface area contributed by atoms with Crippen LogP contribution in [0.2, 0.25) is 0 Å². The fourth-order valence-corrected chi connectivity index (χ4v) is 4.49. The summed E-state index contributed by atoms with van der Waals surface area (Å²) in [5, 5.41) is 4.01. The molecule has 1 amide bonds. The number of amides is 1. The standard InChI is InChI=1S/C22H19F4N3O2S/c1-13-10-11-29(17-12-15(22(24,25)26)4-7-18(17)32-13)20(30)9-8-19-27-21(28-31-19)14-2-5-16(23)6-3-14/h2-7,12-13H,8-11H2,1H3. The van der Waals surface area contributed by atoms with Gasteiger partial charge >= 0.3 is 6.18 Å². The van der Waals surface area contributed by atoms with Crippen molar-refractivity contribution in [2.75, 3.05) is 11.4 Å². The zero-order chi connectivity index (χ0) is 22.9. The lowest BCUT2D eigenvalue weighted by Crippen LogP contribution is -2.32. The molecule has 1 aromatic heterocycles. The van der Waals surface area contributed by atoms with E-state index in [-0.39, 0.29) is 47.2 Å². The lowest BCUT2D eigenvalue weighted by molar-refractivity contribution is -0.137. The van der Waals surface area contributed by atoms with Crippen molar-refractivity contribution in [1.29, 1.82) is 0 Å². The maximum absolute atomic E-state index is 13.2. The molecule has 1 unspecified atom stereocenters. The topological polar surface area (TPSA) is 59.2 Å². The van der Waals surface area contributed by atoms with Crippen LogP contribution in [0, 0.1) is 5.82 Å². The summed E-state index contributed by atoms with van der Waals surface area (Å²) in [6, 6.07) is 9.10. The van der Waals surface area contributed by atoms with Crippen LogP contribution in [0.3, 0.4) is 0 Å². The molecule has 10 heteroatoms. The molecule has 168 valence electrons. The quantitative estimate of drug-likeness (QED) is 0.460. The molecule has 0 radical (unpaired) electrons. The van der Waals surface area contributed by atoms with E-state index >= 15 is 0 Å². The SMILES string of the molecule is CC1CCN(C(=O)CCc2nc(-c3ccc(F)cc3)no2)c2cc(C(F)(F)F)ccc2S1. The van der Waals surface area contributed by atoms with Crippen molar-refractivity contribution < 1.29 is 26.9 Å². The first-order valence-corrected chi connectivity index (χ1v) is 10.9. The normalized spacial score (nSPS) is 16.5. The summed E-state index contributed by atoms with van der Waals surface area (Å²) >= 11 is 1.46. The van der Waals surface area contributed by atoms with Crippen molar-refractivity contribution in [1.82, 2.24) is 10.1 Å². The monoisotopic (exact) mass is 465 g/mol. The molecule has 0 saturated carbocycles. The van der Waals surface area contributed by atoms with Gasteiger partial charge in [-0.3, -0.25) is 4.79 Å². The van der Waals surface area contributed by atoms with E-state index in [1.54, 1.807) is 0 Å². The largest absolute Gasteiger partial charge is 0.416 e. The number of aromatic nitrogens is 2. The Morgan fingerprint density at radius 3 is 2.69 bits per heavy atom. The number of benzene rings is 2. The Bertz CT molecular complexity index is 1120. The van der Waals surface area contributed by atoms with Crippen molar-refractivity contribution in [3.63, 3.8) is 0 Å². The Labute approximate surface area is 185 Å². The van der Waals surface area contributed by atoms with Gasteiger partial charge in [-0.1, -0.05) is 12.1 Å². The molecule has 0 N–H and O–H groups in total. The second-order valence-corrected chi connectivity index (χ2v) is 8.94. The summed E-state index contributed by atoms with van der Waals surface area (Å²) in [6.45, 7) is 2.31. The van der Waals surface area contributed by atoms with Gasteiger partial charge in [0.15, 0.2) is 0 Å². The number of carbonyl (C=O) groups is 1. The van der Waals surface area contributed by atoms with Gasteiger partial charge in [-0.2, -0.15) is 18.2 Å². The minimum absolute atomic E-state index is 0.000214. The number of rotatable bonds is 4. The number of halogens is 4. The molecule has 0 aliphatic carbocycles. The molecule has 1 aliphatic rings. The van der Waals surface area contributed by atoms with Crippen LogP contribution in [0.1, 0.15) is 31.2 Å². The summed E-state index contributed by atoms with van der Waals surface area (Å²) in [7, 11) is 0. The maximum Gasteiger partial charge on any atom is 0.416 e. The molecule has 1 atom stereocenters. The van der Waals surface area contributed by atoms with Gasteiger partial charge in [0, 0.05) is 35.1 Å². The molecule has 1 aliphatic heterocycles. The van der Waals surface area contributed by atoms with Crippen LogP contribution in [0.5, 0.6) is 0 Å². The zero-order valence-electron chi connectivity index (χ0n) is 17.0. The molecule has 32 heavy (non-hydrogen) atoms. The molecular weight excluding hydrogens is 446 g/mol. The van der Waals surface area contributed by atoms with Crippen molar-refractivity contribution in [2.45, 2.75) is 42.5 Å². The summed E-state index contributed by atoms with van der Waals surface area (Å²) in [6.07, 6.45) is -3.70. The highest BCUT2D eigenvalue weighted by atomic mass is 32.2. The molecule has 0 spiro atoms. The molecule has 0 bridgehead atoms. The second kappa shape index (κ2) is 8.93. The third-order valence-corrected chi connectivity index (χ3v) is 6.33. The highest BCUT2D eigenvalue weighted by molar-refractivity contribution is 8.00. The van der Waals surface area contributed by atoms with E-state index in [0.717, 1.165) is 12.1 Å². The minimum atomic E-state index is -4.49. The van der Waals surface area contributed by atoms with Crippen molar-refractivity contribution in [3.8, 4) is 11.4 Å². The highest BCUT2D eigenvalue weighted by Crippen LogP contribution is 2.41. The first kappa shape index (κ1) is 22.3. The van der Waals surface area contributed by atoms with Gasteiger partial charge in [-0.25, -0.2) is 4.39 Å². The van der Waals surface area contributed by atoms with E-state index in [1.807, 2.05) is 6.92 Å². The van der Waals surface area contributed by atoms with E-state index in [4.69, 9.17) is 4.52 Å². The molecular formula is C22H19F4N3O2S. The lowest BCUT2D eigenvalue weighted by Gasteiger charge is -2.23. The van der Waals surface area contributed by atoms with Gasteiger partial charge in [-0.15, -0.1) is 11.8 Å². The summed E-state index contributed by atoms with van der Waals surface area (Å²) < 4.78 is 58.0. The third-order valence-electron chi connectivity index (χ3n) is 5.09. The lowest BCUT2D eigenvalue weighted by atomic mass is 10.1. The summed E-state index contributed by atoms with van der Waals surface area (Å²) in [5.41, 5.74) is 0.0570. The van der Waals surface area contributed by atoms with Gasteiger partial charge in [0.25, 0.3) is 0 Å². The Morgan fingerprint density at radius 2 is 1.97 bits per heavy atom. The Hall–Kier alpha value is -2.88. The number of alkyl halides is 3. The fraction of sp³-hybridized carbons (Fsp3) is 0.318. The average molecular weight is 465 g/mol. The van der Waals surface area contributed by atoms with E-state index in [2.05, 4.69) is 10.1 Å². The van der Waals surface area contributed by atoms with Gasteiger partial charge in [-0.05, 0) is 48.9 Å². The number of anilines is 1. The smallest absolute Gasteiger partial charge is 0.339 e. The first-order chi connectivity index (χ1) is 15.2. The van der Waals surface area contributed by atoms with Crippen LogP contribution in [0.15, 0.2) is 51.9 Å². The fourth-order valence-electron chi connectivity index (χ4n) is 3.39. The molecule has 2 heterocycles. The Morgan fingerprint density at radius 1 is 1.22 bits per heavy atom. The number of carbonyl (C=O) groups excluding carboxylic acids is 1.